The van der Waals surface area contributed by atoms with Crippen LogP contribution in [0.15, 0.2) is 24.4 Å². The minimum absolute atomic E-state index is 0.117. The Kier molecular flexibility index (Phi) is 3.74. The number of pyridine rings is 1. The van der Waals surface area contributed by atoms with E-state index in [1.165, 1.54) is 5.56 Å². The summed E-state index contributed by atoms with van der Waals surface area (Å²) in [6.45, 7) is 4.25. The molecule has 20 heavy (non-hydrogen) atoms. The first-order valence-corrected chi connectivity index (χ1v) is 7.36. The maximum Gasteiger partial charge on any atom is 0.218 e. The SMILES string of the molecule is CCc1cnc(O)c2cccc(NC3CCNCC3)c12. The van der Waals surface area contributed by atoms with E-state index in [1.807, 2.05) is 12.1 Å². The van der Waals surface area contributed by atoms with E-state index < -0.39 is 0 Å². The number of aromatic hydroxyl groups is 1. The molecule has 1 saturated heterocycles. The van der Waals surface area contributed by atoms with E-state index in [1.54, 1.807) is 6.20 Å². The number of benzene rings is 1. The Morgan fingerprint density at radius 3 is 2.90 bits per heavy atom. The Labute approximate surface area is 119 Å². The Morgan fingerprint density at radius 2 is 2.15 bits per heavy atom. The fraction of sp³-hybridized carbons (Fsp3) is 0.438. The van der Waals surface area contributed by atoms with Crippen molar-refractivity contribution in [3.05, 3.63) is 30.0 Å². The van der Waals surface area contributed by atoms with E-state index in [0.717, 1.165) is 48.8 Å². The van der Waals surface area contributed by atoms with Crippen LogP contribution in [-0.2, 0) is 6.42 Å². The minimum atomic E-state index is 0.117. The van der Waals surface area contributed by atoms with E-state index in [2.05, 4.69) is 28.6 Å². The molecule has 1 aromatic heterocycles. The van der Waals surface area contributed by atoms with Crippen molar-refractivity contribution in [2.45, 2.75) is 32.2 Å². The molecule has 2 heterocycles. The molecule has 0 spiro atoms. The average molecular weight is 271 g/mol. The molecule has 3 rings (SSSR count). The molecule has 0 radical (unpaired) electrons. The lowest BCUT2D eigenvalue weighted by Gasteiger charge is -2.25. The van der Waals surface area contributed by atoms with Crippen LogP contribution in [0.1, 0.15) is 25.3 Å². The van der Waals surface area contributed by atoms with Crippen LogP contribution in [-0.4, -0.2) is 29.2 Å². The van der Waals surface area contributed by atoms with Gasteiger partial charge in [0.1, 0.15) is 0 Å². The van der Waals surface area contributed by atoms with Gasteiger partial charge in [-0.25, -0.2) is 4.98 Å². The van der Waals surface area contributed by atoms with Gasteiger partial charge in [-0.15, -0.1) is 0 Å². The maximum atomic E-state index is 9.97. The molecular weight excluding hydrogens is 250 g/mol. The molecular formula is C16H21N3O. The Balaban J connectivity index is 2.03. The van der Waals surface area contributed by atoms with Crippen LogP contribution < -0.4 is 10.6 Å². The molecule has 0 unspecified atom stereocenters. The zero-order valence-corrected chi connectivity index (χ0v) is 11.8. The zero-order valence-electron chi connectivity index (χ0n) is 11.8. The second kappa shape index (κ2) is 5.67. The predicted octanol–water partition coefficient (Wildman–Crippen LogP) is 2.67. The Hall–Kier alpha value is -1.81. The van der Waals surface area contributed by atoms with Gasteiger partial charge in [0.15, 0.2) is 0 Å². The predicted molar refractivity (Wildman–Crippen MR) is 82.3 cm³/mol. The van der Waals surface area contributed by atoms with Gasteiger partial charge in [0.05, 0.1) is 0 Å². The molecule has 1 aliphatic rings. The largest absolute Gasteiger partial charge is 0.493 e. The third kappa shape index (κ3) is 2.43. The lowest BCUT2D eigenvalue weighted by molar-refractivity contribution is 0.460. The van der Waals surface area contributed by atoms with E-state index in [-0.39, 0.29) is 5.88 Å². The Bertz CT molecular complexity index is 606. The summed E-state index contributed by atoms with van der Waals surface area (Å²) in [5.74, 6) is 0.117. The Morgan fingerprint density at radius 1 is 1.35 bits per heavy atom. The van der Waals surface area contributed by atoms with Crippen LogP contribution in [0.25, 0.3) is 10.8 Å². The van der Waals surface area contributed by atoms with Crippen molar-refractivity contribution < 1.29 is 5.11 Å². The average Bonchev–Trinajstić information content (AvgIpc) is 2.49. The van der Waals surface area contributed by atoms with Crippen molar-refractivity contribution >= 4 is 16.5 Å². The molecule has 3 N–H and O–H groups in total. The topological polar surface area (TPSA) is 57.2 Å². The smallest absolute Gasteiger partial charge is 0.218 e. The molecule has 2 aromatic rings. The van der Waals surface area contributed by atoms with E-state index >= 15 is 0 Å². The van der Waals surface area contributed by atoms with E-state index in [4.69, 9.17) is 0 Å². The second-order valence-electron chi connectivity index (χ2n) is 5.36. The highest BCUT2D eigenvalue weighted by atomic mass is 16.3. The van der Waals surface area contributed by atoms with Gasteiger partial charge in [0.2, 0.25) is 5.88 Å². The molecule has 1 fully saturated rings. The van der Waals surface area contributed by atoms with Gasteiger partial charge in [-0.2, -0.15) is 0 Å². The molecule has 0 aliphatic carbocycles. The summed E-state index contributed by atoms with van der Waals surface area (Å²) >= 11 is 0. The number of anilines is 1. The highest BCUT2D eigenvalue weighted by molar-refractivity contribution is 5.99. The normalized spacial score (nSPS) is 16.4. The summed E-state index contributed by atoms with van der Waals surface area (Å²) in [6.07, 6.45) is 4.96. The molecule has 4 nitrogen and oxygen atoms in total. The number of piperidine rings is 1. The summed E-state index contributed by atoms with van der Waals surface area (Å²) in [7, 11) is 0. The third-order valence-electron chi connectivity index (χ3n) is 4.05. The summed E-state index contributed by atoms with van der Waals surface area (Å²) in [5, 5.41) is 18.9. The molecule has 0 atom stereocenters. The van der Waals surface area contributed by atoms with Crippen LogP contribution >= 0.6 is 0 Å². The molecule has 1 aromatic carbocycles. The van der Waals surface area contributed by atoms with Crippen LogP contribution in [0.3, 0.4) is 0 Å². The summed E-state index contributed by atoms with van der Waals surface area (Å²) in [6, 6.07) is 6.52. The number of nitrogens with one attached hydrogen (secondary N) is 2. The standard InChI is InChI=1S/C16H21N3O/c1-2-11-10-18-16(20)13-4-3-5-14(15(11)13)19-12-6-8-17-9-7-12/h3-5,10,12,17,19H,2,6-9H2,1H3,(H,18,20). The number of fused-ring (bicyclic) bond motifs is 1. The zero-order chi connectivity index (χ0) is 13.9. The number of aryl methyl sites for hydroxylation is 1. The van der Waals surface area contributed by atoms with Gasteiger partial charge < -0.3 is 15.7 Å². The quantitative estimate of drug-likeness (QED) is 0.803. The van der Waals surface area contributed by atoms with Crippen molar-refractivity contribution in [1.82, 2.24) is 10.3 Å². The molecule has 0 saturated carbocycles. The van der Waals surface area contributed by atoms with Crippen LogP contribution in [0.5, 0.6) is 5.88 Å². The fourth-order valence-corrected chi connectivity index (χ4v) is 2.93. The van der Waals surface area contributed by atoms with Crippen LogP contribution in [0.4, 0.5) is 5.69 Å². The maximum absolute atomic E-state index is 9.97. The lowest BCUT2D eigenvalue weighted by Crippen LogP contribution is -2.35. The molecule has 0 amide bonds. The van der Waals surface area contributed by atoms with Gasteiger partial charge in [-0.1, -0.05) is 13.0 Å². The summed E-state index contributed by atoms with van der Waals surface area (Å²) < 4.78 is 0. The number of hydrogen-bond acceptors (Lipinski definition) is 4. The number of hydrogen-bond donors (Lipinski definition) is 3. The summed E-state index contributed by atoms with van der Waals surface area (Å²) in [4.78, 5) is 4.08. The molecule has 1 aliphatic heterocycles. The highest BCUT2D eigenvalue weighted by Gasteiger charge is 2.15. The highest BCUT2D eigenvalue weighted by Crippen LogP contribution is 2.32. The molecule has 0 bridgehead atoms. The second-order valence-corrected chi connectivity index (χ2v) is 5.36. The van der Waals surface area contributed by atoms with Crippen molar-refractivity contribution in [3.8, 4) is 5.88 Å². The number of aromatic nitrogens is 1. The van der Waals surface area contributed by atoms with Crippen LogP contribution in [0.2, 0.25) is 0 Å². The lowest BCUT2D eigenvalue weighted by atomic mass is 10.0. The van der Waals surface area contributed by atoms with Crippen molar-refractivity contribution in [2.75, 3.05) is 18.4 Å². The monoisotopic (exact) mass is 271 g/mol. The summed E-state index contributed by atoms with van der Waals surface area (Å²) in [5.41, 5.74) is 2.29. The van der Waals surface area contributed by atoms with Crippen molar-refractivity contribution in [1.29, 1.82) is 0 Å². The number of nitrogens with zero attached hydrogens (tertiary/aromatic N) is 1. The van der Waals surface area contributed by atoms with E-state index in [9.17, 15) is 5.11 Å². The van der Waals surface area contributed by atoms with Crippen molar-refractivity contribution in [3.63, 3.8) is 0 Å². The molecule has 4 heteroatoms. The van der Waals surface area contributed by atoms with Gasteiger partial charge in [0.25, 0.3) is 0 Å². The molecule has 106 valence electrons. The first kappa shape index (κ1) is 13.2. The first-order valence-electron chi connectivity index (χ1n) is 7.36. The van der Waals surface area contributed by atoms with Crippen LogP contribution in [0, 0.1) is 0 Å². The first-order chi connectivity index (χ1) is 9.79. The van der Waals surface area contributed by atoms with Crippen molar-refractivity contribution in [2.24, 2.45) is 0 Å². The fourth-order valence-electron chi connectivity index (χ4n) is 2.93. The van der Waals surface area contributed by atoms with Gasteiger partial charge in [0, 0.05) is 28.7 Å². The van der Waals surface area contributed by atoms with E-state index in [0.29, 0.717) is 6.04 Å². The minimum Gasteiger partial charge on any atom is -0.493 e. The third-order valence-corrected chi connectivity index (χ3v) is 4.05. The van der Waals surface area contributed by atoms with Gasteiger partial charge in [-0.3, -0.25) is 0 Å². The number of rotatable bonds is 3. The van der Waals surface area contributed by atoms with Gasteiger partial charge in [-0.05, 0) is 50.0 Å². The van der Waals surface area contributed by atoms with Gasteiger partial charge >= 0.3 is 0 Å².